The van der Waals surface area contributed by atoms with Gasteiger partial charge in [0.05, 0.1) is 0 Å². The third-order valence-electron chi connectivity index (χ3n) is 3.41. The summed E-state index contributed by atoms with van der Waals surface area (Å²) in [5.74, 6) is 0.967. The summed E-state index contributed by atoms with van der Waals surface area (Å²) in [7, 11) is 0. The van der Waals surface area contributed by atoms with Crippen LogP contribution in [0.25, 0.3) is 0 Å². The topological polar surface area (TPSA) is 35.2 Å². The Morgan fingerprint density at radius 1 is 1.56 bits per heavy atom. The Hall–Kier alpha value is -1.09. The van der Waals surface area contributed by atoms with Crippen molar-refractivity contribution in [2.75, 3.05) is 0 Å². The number of hydrogen-bond acceptors (Lipinski definition) is 2. The normalized spacial score (nSPS) is 25.8. The number of fused-ring (bicyclic) bond motifs is 1. The van der Waals surface area contributed by atoms with Gasteiger partial charge in [-0.1, -0.05) is 20.3 Å². The lowest BCUT2D eigenvalue weighted by atomic mass is 9.90. The van der Waals surface area contributed by atoms with Crippen LogP contribution >= 0.6 is 0 Å². The van der Waals surface area contributed by atoms with Crippen molar-refractivity contribution < 1.29 is 9.13 Å². The van der Waals surface area contributed by atoms with E-state index in [0.29, 0.717) is 5.92 Å². The Morgan fingerprint density at radius 3 is 3.00 bits per heavy atom. The molecular weight excluding hydrogens is 205 g/mol. The number of halogens is 1. The van der Waals surface area contributed by atoms with E-state index in [0.717, 1.165) is 24.2 Å². The second-order valence-electron chi connectivity index (χ2n) is 4.57. The lowest BCUT2D eigenvalue weighted by molar-refractivity contribution is 0.105. The molecule has 0 saturated heterocycles. The van der Waals surface area contributed by atoms with Crippen molar-refractivity contribution in [3.05, 3.63) is 29.6 Å². The predicted molar refractivity (Wildman–Crippen MR) is 61.8 cm³/mol. The Labute approximate surface area is 95.6 Å². The van der Waals surface area contributed by atoms with Crippen molar-refractivity contribution in [3.8, 4) is 5.75 Å². The van der Waals surface area contributed by atoms with Crippen molar-refractivity contribution in [1.82, 2.24) is 0 Å². The summed E-state index contributed by atoms with van der Waals surface area (Å²) in [5, 5.41) is 0. The van der Waals surface area contributed by atoms with Gasteiger partial charge in [-0.05, 0) is 24.1 Å². The van der Waals surface area contributed by atoms with Gasteiger partial charge in [0.15, 0.2) is 0 Å². The van der Waals surface area contributed by atoms with Gasteiger partial charge in [0.2, 0.25) is 0 Å². The third-order valence-corrected chi connectivity index (χ3v) is 3.41. The Balaban J connectivity index is 2.26. The number of benzene rings is 1. The minimum absolute atomic E-state index is 0.113. The Bertz CT molecular complexity index is 380. The highest BCUT2D eigenvalue weighted by Crippen LogP contribution is 2.36. The van der Waals surface area contributed by atoms with Crippen molar-refractivity contribution in [2.45, 2.75) is 38.8 Å². The molecule has 16 heavy (non-hydrogen) atoms. The first kappa shape index (κ1) is 11.4. The molecule has 88 valence electrons. The maximum atomic E-state index is 13.1. The largest absolute Gasteiger partial charge is 0.490 e. The van der Waals surface area contributed by atoms with E-state index in [2.05, 4.69) is 13.8 Å². The van der Waals surface area contributed by atoms with Crippen molar-refractivity contribution in [1.29, 1.82) is 0 Å². The molecular formula is C13H18FNO. The molecule has 0 aromatic heterocycles. The molecule has 3 heteroatoms. The van der Waals surface area contributed by atoms with Crippen LogP contribution < -0.4 is 10.5 Å². The molecule has 3 unspecified atom stereocenters. The first-order valence-corrected chi connectivity index (χ1v) is 5.83. The van der Waals surface area contributed by atoms with Crippen LogP contribution in [0.3, 0.4) is 0 Å². The summed E-state index contributed by atoms with van der Waals surface area (Å²) in [4.78, 5) is 0. The third kappa shape index (κ3) is 2.05. The molecule has 3 atom stereocenters. The van der Waals surface area contributed by atoms with E-state index in [1.54, 1.807) is 6.07 Å². The lowest BCUT2D eigenvalue weighted by Gasteiger charge is -2.33. The summed E-state index contributed by atoms with van der Waals surface area (Å²) in [6.07, 6.45) is 1.98. The molecule has 0 amide bonds. The summed E-state index contributed by atoms with van der Waals surface area (Å²) in [6, 6.07) is 4.47. The maximum Gasteiger partial charge on any atom is 0.124 e. The van der Waals surface area contributed by atoms with Gasteiger partial charge in [-0.15, -0.1) is 0 Å². The van der Waals surface area contributed by atoms with E-state index < -0.39 is 0 Å². The van der Waals surface area contributed by atoms with Crippen LogP contribution in [-0.4, -0.2) is 6.10 Å². The molecule has 1 aromatic carbocycles. The molecule has 0 spiro atoms. The Kier molecular flexibility index (Phi) is 3.15. The van der Waals surface area contributed by atoms with Crippen molar-refractivity contribution in [3.63, 3.8) is 0 Å². The van der Waals surface area contributed by atoms with Gasteiger partial charge in [0.1, 0.15) is 17.7 Å². The number of hydrogen-bond donors (Lipinski definition) is 1. The molecule has 1 heterocycles. The fourth-order valence-electron chi connectivity index (χ4n) is 2.12. The zero-order chi connectivity index (χ0) is 11.7. The van der Waals surface area contributed by atoms with Gasteiger partial charge in [-0.2, -0.15) is 0 Å². The number of nitrogens with two attached hydrogens (primary N) is 1. The zero-order valence-electron chi connectivity index (χ0n) is 9.74. The molecule has 0 radical (unpaired) electrons. The Morgan fingerprint density at radius 2 is 2.31 bits per heavy atom. The van der Waals surface area contributed by atoms with Gasteiger partial charge in [0, 0.05) is 18.0 Å². The molecule has 0 saturated carbocycles. The average Bonchev–Trinajstić information content (AvgIpc) is 2.28. The predicted octanol–water partition coefficient (Wildman–Crippen LogP) is 3.02. The molecule has 1 aliphatic heterocycles. The minimum Gasteiger partial charge on any atom is -0.490 e. The van der Waals surface area contributed by atoms with E-state index in [1.165, 1.54) is 12.1 Å². The molecule has 0 aliphatic carbocycles. The maximum absolute atomic E-state index is 13.1. The summed E-state index contributed by atoms with van der Waals surface area (Å²) in [6.45, 7) is 4.30. The highest BCUT2D eigenvalue weighted by Gasteiger charge is 2.29. The molecule has 1 aromatic rings. The fourth-order valence-corrected chi connectivity index (χ4v) is 2.12. The summed E-state index contributed by atoms with van der Waals surface area (Å²) in [5.41, 5.74) is 6.84. The SMILES string of the molecule is CCC(C)C1CC(N)c2cc(F)ccc2O1. The van der Waals surface area contributed by atoms with E-state index in [4.69, 9.17) is 10.5 Å². The van der Waals surface area contributed by atoms with Crippen LogP contribution in [0, 0.1) is 11.7 Å². The molecule has 2 N–H and O–H groups in total. The minimum atomic E-state index is -0.250. The average molecular weight is 223 g/mol. The van der Waals surface area contributed by atoms with Gasteiger partial charge in [0.25, 0.3) is 0 Å². The first-order chi connectivity index (χ1) is 7.61. The van der Waals surface area contributed by atoms with Gasteiger partial charge >= 0.3 is 0 Å². The molecule has 1 aliphatic rings. The van der Waals surface area contributed by atoms with Crippen LogP contribution in [0.4, 0.5) is 4.39 Å². The standard InChI is InChI=1S/C13H18FNO/c1-3-8(2)13-7-11(15)10-6-9(14)4-5-12(10)16-13/h4-6,8,11,13H,3,7,15H2,1-2H3. The van der Waals surface area contributed by atoms with Crippen LogP contribution in [0.1, 0.15) is 38.3 Å². The molecule has 2 rings (SSSR count). The van der Waals surface area contributed by atoms with Gasteiger partial charge in [-0.25, -0.2) is 4.39 Å². The van der Waals surface area contributed by atoms with E-state index in [-0.39, 0.29) is 18.0 Å². The quantitative estimate of drug-likeness (QED) is 0.836. The first-order valence-electron chi connectivity index (χ1n) is 5.83. The highest BCUT2D eigenvalue weighted by atomic mass is 19.1. The monoisotopic (exact) mass is 223 g/mol. The van der Waals surface area contributed by atoms with Gasteiger partial charge in [-0.3, -0.25) is 0 Å². The van der Waals surface area contributed by atoms with Gasteiger partial charge < -0.3 is 10.5 Å². The van der Waals surface area contributed by atoms with Crippen LogP contribution in [0.5, 0.6) is 5.75 Å². The molecule has 2 nitrogen and oxygen atoms in total. The van der Waals surface area contributed by atoms with E-state index in [1.807, 2.05) is 0 Å². The zero-order valence-corrected chi connectivity index (χ0v) is 9.74. The number of rotatable bonds is 2. The van der Waals surface area contributed by atoms with Crippen molar-refractivity contribution in [2.24, 2.45) is 11.7 Å². The smallest absolute Gasteiger partial charge is 0.124 e. The number of ether oxygens (including phenoxy) is 1. The molecule has 0 fully saturated rings. The molecule has 0 bridgehead atoms. The van der Waals surface area contributed by atoms with Crippen LogP contribution in [0.2, 0.25) is 0 Å². The van der Waals surface area contributed by atoms with E-state index in [9.17, 15) is 4.39 Å². The van der Waals surface area contributed by atoms with Crippen LogP contribution in [0.15, 0.2) is 18.2 Å². The fraction of sp³-hybridized carbons (Fsp3) is 0.538. The van der Waals surface area contributed by atoms with Crippen molar-refractivity contribution >= 4 is 0 Å². The summed E-state index contributed by atoms with van der Waals surface area (Å²) >= 11 is 0. The van der Waals surface area contributed by atoms with E-state index >= 15 is 0 Å². The highest BCUT2D eigenvalue weighted by molar-refractivity contribution is 5.38. The lowest BCUT2D eigenvalue weighted by Crippen LogP contribution is -2.34. The second kappa shape index (κ2) is 4.42. The second-order valence-corrected chi connectivity index (χ2v) is 4.57. The van der Waals surface area contributed by atoms with Crippen LogP contribution in [-0.2, 0) is 0 Å². The summed E-state index contributed by atoms with van der Waals surface area (Å²) < 4.78 is 18.9.